The van der Waals surface area contributed by atoms with Crippen molar-refractivity contribution in [1.82, 2.24) is 19.5 Å². The summed E-state index contributed by atoms with van der Waals surface area (Å²) in [7, 11) is 0. The Morgan fingerprint density at radius 2 is 1.88 bits per heavy atom. The van der Waals surface area contributed by atoms with Crippen molar-refractivity contribution in [3.05, 3.63) is 66.6 Å². The monoisotopic (exact) mass is 353 g/mol. The van der Waals surface area contributed by atoms with Crippen LogP contribution in [0.5, 0.6) is 5.88 Å². The quantitative estimate of drug-likeness (QED) is 0.706. The zero-order chi connectivity index (χ0) is 17.8. The minimum absolute atomic E-state index is 0.0611. The van der Waals surface area contributed by atoms with Gasteiger partial charge in [-0.3, -0.25) is 0 Å². The molecule has 3 aromatic heterocycles. The van der Waals surface area contributed by atoms with E-state index in [1.165, 1.54) is 18.0 Å². The maximum atomic E-state index is 13.6. The molecular formula is C19H20FN5O. The van der Waals surface area contributed by atoms with Gasteiger partial charge in [0.15, 0.2) is 5.82 Å². The zero-order valence-electron chi connectivity index (χ0n) is 14.3. The molecular weight excluding hydrogens is 333 g/mol. The van der Waals surface area contributed by atoms with Gasteiger partial charge in [0.2, 0.25) is 11.8 Å². The first-order chi connectivity index (χ1) is 12.8. The van der Waals surface area contributed by atoms with Gasteiger partial charge in [-0.15, -0.1) is 0 Å². The fourth-order valence-electron chi connectivity index (χ4n) is 3.27. The van der Waals surface area contributed by atoms with Crippen molar-refractivity contribution in [3.63, 3.8) is 0 Å². The molecule has 0 spiro atoms. The molecule has 0 bridgehead atoms. The Balaban J connectivity index is 1.46. The van der Waals surface area contributed by atoms with E-state index in [1.807, 2.05) is 6.07 Å². The zero-order valence-corrected chi connectivity index (χ0v) is 14.3. The molecule has 7 heteroatoms. The molecule has 1 aliphatic heterocycles. The van der Waals surface area contributed by atoms with Crippen molar-refractivity contribution >= 4 is 5.95 Å². The van der Waals surface area contributed by atoms with Crippen LogP contribution in [-0.2, 0) is 13.1 Å². The summed E-state index contributed by atoms with van der Waals surface area (Å²) in [6.07, 6.45) is 7.93. The van der Waals surface area contributed by atoms with E-state index in [4.69, 9.17) is 4.74 Å². The second kappa shape index (κ2) is 7.51. The van der Waals surface area contributed by atoms with Crippen molar-refractivity contribution in [3.8, 4) is 5.88 Å². The molecule has 0 aromatic carbocycles. The molecule has 1 atom stereocenters. The third kappa shape index (κ3) is 3.66. The second-order valence-electron chi connectivity index (χ2n) is 6.37. The van der Waals surface area contributed by atoms with E-state index in [2.05, 4.69) is 42.7 Å². The average Bonchev–Trinajstić information content (AvgIpc) is 3.02. The Hall–Kier alpha value is -2.96. The summed E-state index contributed by atoms with van der Waals surface area (Å²) in [6.45, 7) is 2.89. The highest BCUT2D eigenvalue weighted by molar-refractivity contribution is 5.31. The van der Waals surface area contributed by atoms with E-state index in [1.54, 1.807) is 18.5 Å². The SMILES string of the molecule is Fc1cccnc1OCCC1CN(c2ncccn2)Cc2cccn2C1. The summed E-state index contributed by atoms with van der Waals surface area (Å²) in [5, 5.41) is 0. The Morgan fingerprint density at radius 3 is 2.73 bits per heavy atom. The summed E-state index contributed by atoms with van der Waals surface area (Å²) in [4.78, 5) is 14.9. The lowest BCUT2D eigenvalue weighted by molar-refractivity contribution is 0.250. The van der Waals surface area contributed by atoms with Gasteiger partial charge in [-0.1, -0.05) is 0 Å². The molecule has 134 valence electrons. The molecule has 0 aliphatic carbocycles. The number of halogens is 1. The highest BCUT2D eigenvalue weighted by Crippen LogP contribution is 2.22. The van der Waals surface area contributed by atoms with Crippen LogP contribution in [0.15, 0.2) is 55.1 Å². The molecule has 3 aromatic rings. The van der Waals surface area contributed by atoms with Crippen molar-refractivity contribution in [2.24, 2.45) is 5.92 Å². The maximum Gasteiger partial charge on any atom is 0.250 e. The predicted molar refractivity (Wildman–Crippen MR) is 95.3 cm³/mol. The number of nitrogens with zero attached hydrogens (tertiary/aromatic N) is 5. The predicted octanol–water partition coefficient (Wildman–Crippen LogP) is 2.92. The molecule has 0 radical (unpaired) electrons. The van der Waals surface area contributed by atoms with Gasteiger partial charge in [0.1, 0.15) is 0 Å². The number of rotatable bonds is 5. The lowest BCUT2D eigenvalue weighted by atomic mass is 10.1. The van der Waals surface area contributed by atoms with Crippen LogP contribution >= 0.6 is 0 Å². The van der Waals surface area contributed by atoms with Crippen LogP contribution in [0.2, 0.25) is 0 Å². The molecule has 0 fully saturated rings. The van der Waals surface area contributed by atoms with E-state index < -0.39 is 5.82 Å². The summed E-state index contributed by atoms with van der Waals surface area (Å²) in [5.41, 5.74) is 1.23. The highest BCUT2D eigenvalue weighted by Gasteiger charge is 2.23. The van der Waals surface area contributed by atoms with Gasteiger partial charge in [0, 0.05) is 43.6 Å². The first-order valence-electron chi connectivity index (χ1n) is 8.69. The van der Waals surface area contributed by atoms with Crippen LogP contribution in [0.1, 0.15) is 12.1 Å². The molecule has 6 nitrogen and oxygen atoms in total. The van der Waals surface area contributed by atoms with Gasteiger partial charge in [-0.2, -0.15) is 0 Å². The van der Waals surface area contributed by atoms with Crippen LogP contribution < -0.4 is 9.64 Å². The third-order valence-electron chi connectivity index (χ3n) is 4.53. The first-order valence-corrected chi connectivity index (χ1v) is 8.69. The van der Waals surface area contributed by atoms with Crippen molar-refractivity contribution < 1.29 is 9.13 Å². The molecule has 0 saturated heterocycles. The smallest absolute Gasteiger partial charge is 0.250 e. The van der Waals surface area contributed by atoms with Crippen molar-refractivity contribution in [2.45, 2.75) is 19.5 Å². The number of ether oxygens (including phenoxy) is 1. The number of hydrogen-bond donors (Lipinski definition) is 0. The molecule has 26 heavy (non-hydrogen) atoms. The summed E-state index contributed by atoms with van der Waals surface area (Å²) >= 11 is 0. The van der Waals surface area contributed by atoms with E-state index in [0.717, 1.165) is 32.0 Å². The number of pyridine rings is 1. The number of hydrogen-bond acceptors (Lipinski definition) is 5. The number of fused-ring (bicyclic) bond motifs is 1. The number of aromatic nitrogens is 4. The molecule has 0 N–H and O–H groups in total. The molecule has 1 unspecified atom stereocenters. The largest absolute Gasteiger partial charge is 0.476 e. The van der Waals surface area contributed by atoms with Crippen LogP contribution in [0.4, 0.5) is 10.3 Å². The van der Waals surface area contributed by atoms with Crippen LogP contribution in [-0.4, -0.2) is 32.7 Å². The minimum atomic E-state index is -0.430. The Kier molecular flexibility index (Phi) is 4.77. The molecule has 1 aliphatic rings. The fourth-order valence-corrected chi connectivity index (χ4v) is 3.27. The van der Waals surface area contributed by atoms with Crippen molar-refractivity contribution in [1.29, 1.82) is 0 Å². The van der Waals surface area contributed by atoms with Crippen LogP contribution in [0.25, 0.3) is 0 Å². The Labute approximate surface area is 151 Å². The van der Waals surface area contributed by atoms with Gasteiger partial charge in [-0.25, -0.2) is 19.3 Å². The second-order valence-corrected chi connectivity index (χ2v) is 6.37. The highest BCUT2D eigenvalue weighted by atomic mass is 19.1. The Bertz CT molecular complexity index is 854. The molecule has 4 rings (SSSR count). The summed E-state index contributed by atoms with van der Waals surface area (Å²) < 4.78 is 21.4. The maximum absolute atomic E-state index is 13.6. The fraction of sp³-hybridized carbons (Fsp3) is 0.316. The van der Waals surface area contributed by atoms with Gasteiger partial charge < -0.3 is 14.2 Å². The topological polar surface area (TPSA) is 56.1 Å². The van der Waals surface area contributed by atoms with Gasteiger partial charge in [0.05, 0.1) is 13.2 Å². The summed E-state index contributed by atoms with van der Waals surface area (Å²) in [5.74, 6) is 0.689. The minimum Gasteiger partial charge on any atom is -0.476 e. The van der Waals surface area contributed by atoms with Gasteiger partial charge in [-0.05, 0) is 42.7 Å². The average molecular weight is 353 g/mol. The first kappa shape index (κ1) is 16.5. The lowest BCUT2D eigenvalue weighted by Crippen LogP contribution is -2.30. The van der Waals surface area contributed by atoms with E-state index >= 15 is 0 Å². The summed E-state index contributed by atoms with van der Waals surface area (Å²) in [6, 6.07) is 8.91. The normalized spacial score (nSPS) is 16.8. The molecule has 0 saturated carbocycles. The van der Waals surface area contributed by atoms with Crippen LogP contribution in [0.3, 0.4) is 0 Å². The van der Waals surface area contributed by atoms with Crippen molar-refractivity contribution in [2.75, 3.05) is 18.1 Å². The van der Waals surface area contributed by atoms with E-state index in [-0.39, 0.29) is 5.88 Å². The van der Waals surface area contributed by atoms with Gasteiger partial charge >= 0.3 is 0 Å². The molecule has 4 heterocycles. The third-order valence-corrected chi connectivity index (χ3v) is 4.53. The standard InChI is InChI=1S/C19H20FN5O/c20-17-5-1-7-21-18(17)26-11-6-15-12-24-10-2-4-16(24)14-25(13-15)19-22-8-3-9-23-19/h1-5,7-10,15H,6,11-14H2. The number of anilines is 1. The van der Waals surface area contributed by atoms with E-state index in [0.29, 0.717) is 12.5 Å². The van der Waals surface area contributed by atoms with E-state index in [9.17, 15) is 4.39 Å². The molecule has 0 amide bonds. The Morgan fingerprint density at radius 1 is 1.04 bits per heavy atom. The lowest BCUT2D eigenvalue weighted by Gasteiger charge is -2.24. The van der Waals surface area contributed by atoms with Gasteiger partial charge in [0.25, 0.3) is 0 Å². The van der Waals surface area contributed by atoms with Crippen LogP contribution in [0, 0.1) is 11.7 Å².